The summed E-state index contributed by atoms with van der Waals surface area (Å²) in [5, 5.41) is 0. The standard InChI is InChI=1S/C19H31NO/c1-4-21-19(11-7-5-6-8-12-19)18(20)14-17-13-15(2)9-10-16(17)3/h9-10,13,18H,4-8,11-12,14,20H2,1-3H3. The number of rotatable bonds is 5. The van der Waals surface area contributed by atoms with Crippen LogP contribution in [0.1, 0.15) is 62.1 Å². The second-order valence-corrected chi connectivity index (χ2v) is 6.65. The molecule has 1 aliphatic rings. The Morgan fingerprint density at radius 1 is 1.14 bits per heavy atom. The molecule has 1 aliphatic carbocycles. The van der Waals surface area contributed by atoms with Crippen molar-refractivity contribution in [2.24, 2.45) is 5.73 Å². The van der Waals surface area contributed by atoms with Crippen molar-refractivity contribution in [3.05, 3.63) is 34.9 Å². The quantitative estimate of drug-likeness (QED) is 0.820. The van der Waals surface area contributed by atoms with Crippen LogP contribution in [0.4, 0.5) is 0 Å². The van der Waals surface area contributed by atoms with Crippen molar-refractivity contribution in [3.8, 4) is 0 Å². The molecule has 0 heterocycles. The van der Waals surface area contributed by atoms with E-state index in [-0.39, 0.29) is 11.6 Å². The van der Waals surface area contributed by atoms with E-state index in [0.29, 0.717) is 0 Å². The van der Waals surface area contributed by atoms with Crippen LogP contribution in [0.25, 0.3) is 0 Å². The first kappa shape index (κ1) is 16.5. The molecule has 1 aromatic rings. The van der Waals surface area contributed by atoms with Gasteiger partial charge in [-0.1, -0.05) is 49.4 Å². The van der Waals surface area contributed by atoms with E-state index in [4.69, 9.17) is 10.5 Å². The van der Waals surface area contributed by atoms with Crippen molar-refractivity contribution in [2.45, 2.75) is 77.4 Å². The molecule has 21 heavy (non-hydrogen) atoms. The van der Waals surface area contributed by atoms with Crippen molar-refractivity contribution in [2.75, 3.05) is 6.61 Å². The molecule has 0 amide bonds. The molecule has 2 N–H and O–H groups in total. The molecular weight excluding hydrogens is 258 g/mol. The molecule has 2 nitrogen and oxygen atoms in total. The Morgan fingerprint density at radius 2 is 1.81 bits per heavy atom. The van der Waals surface area contributed by atoms with Crippen LogP contribution >= 0.6 is 0 Å². The highest BCUT2D eigenvalue weighted by Gasteiger charge is 2.37. The SMILES string of the molecule is CCOC1(C(N)Cc2cc(C)ccc2C)CCCCCC1. The van der Waals surface area contributed by atoms with E-state index in [1.165, 1.54) is 42.4 Å². The maximum absolute atomic E-state index is 6.66. The van der Waals surface area contributed by atoms with Crippen molar-refractivity contribution in [1.82, 2.24) is 0 Å². The van der Waals surface area contributed by atoms with Gasteiger partial charge in [0.15, 0.2) is 0 Å². The van der Waals surface area contributed by atoms with Gasteiger partial charge >= 0.3 is 0 Å². The average Bonchev–Trinajstić information content (AvgIpc) is 2.70. The molecule has 0 saturated heterocycles. The van der Waals surface area contributed by atoms with Gasteiger partial charge in [0.25, 0.3) is 0 Å². The van der Waals surface area contributed by atoms with Crippen LogP contribution in [0.5, 0.6) is 0 Å². The minimum atomic E-state index is -0.110. The number of ether oxygens (including phenoxy) is 1. The summed E-state index contributed by atoms with van der Waals surface area (Å²) in [6.45, 7) is 7.19. The summed E-state index contributed by atoms with van der Waals surface area (Å²) in [7, 11) is 0. The lowest BCUT2D eigenvalue weighted by Gasteiger charge is -2.38. The van der Waals surface area contributed by atoms with Crippen LogP contribution < -0.4 is 5.73 Å². The van der Waals surface area contributed by atoms with Crippen LogP contribution in [0, 0.1) is 13.8 Å². The van der Waals surface area contributed by atoms with Gasteiger partial charge in [-0.05, 0) is 51.2 Å². The zero-order valence-corrected chi connectivity index (χ0v) is 14.0. The third-order valence-corrected chi connectivity index (χ3v) is 5.00. The van der Waals surface area contributed by atoms with Gasteiger partial charge in [0.2, 0.25) is 0 Å². The van der Waals surface area contributed by atoms with Gasteiger partial charge in [-0.2, -0.15) is 0 Å². The second-order valence-electron chi connectivity index (χ2n) is 6.65. The molecule has 1 saturated carbocycles. The minimum Gasteiger partial charge on any atom is -0.374 e. The fourth-order valence-corrected chi connectivity index (χ4v) is 3.68. The molecule has 0 bridgehead atoms. The van der Waals surface area contributed by atoms with Crippen molar-refractivity contribution in [1.29, 1.82) is 0 Å². The van der Waals surface area contributed by atoms with Crippen molar-refractivity contribution >= 4 is 0 Å². The molecule has 0 radical (unpaired) electrons. The van der Waals surface area contributed by atoms with E-state index < -0.39 is 0 Å². The highest BCUT2D eigenvalue weighted by atomic mass is 16.5. The molecule has 0 aliphatic heterocycles. The Morgan fingerprint density at radius 3 is 2.43 bits per heavy atom. The maximum atomic E-state index is 6.66. The summed E-state index contributed by atoms with van der Waals surface area (Å²) in [6, 6.07) is 6.76. The highest BCUT2D eigenvalue weighted by molar-refractivity contribution is 5.31. The Labute approximate surface area is 130 Å². The van der Waals surface area contributed by atoms with Crippen LogP contribution in [0.3, 0.4) is 0 Å². The summed E-state index contributed by atoms with van der Waals surface area (Å²) in [5.74, 6) is 0. The molecule has 1 aromatic carbocycles. The van der Waals surface area contributed by atoms with Gasteiger partial charge in [0.1, 0.15) is 0 Å². The summed E-state index contributed by atoms with van der Waals surface area (Å²) >= 11 is 0. The maximum Gasteiger partial charge on any atom is 0.0835 e. The number of nitrogens with two attached hydrogens (primary N) is 1. The molecule has 1 fully saturated rings. The minimum absolute atomic E-state index is 0.0936. The molecule has 118 valence electrons. The lowest BCUT2D eigenvalue weighted by atomic mass is 9.82. The zero-order valence-electron chi connectivity index (χ0n) is 14.0. The monoisotopic (exact) mass is 289 g/mol. The first-order valence-corrected chi connectivity index (χ1v) is 8.53. The summed E-state index contributed by atoms with van der Waals surface area (Å²) in [6.07, 6.45) is 8.31. The molecule has 0 aromatic heterocycles. The molecule has 0 spiro atoms. The smallest absolute Gasteiger partial charge is 0.0835 e. The molecular formula is C19H31NO. The highest BCUT2D eigenvalue weighted by Crippen LogP contribution is 2.34. The largest absolute Gasteiger partial charge is 0.374 e. The van der Waals surface area contributed by atoms with Crippen LogP contribution in [0.15, 0.2) is 18.2 Å². The van der Waals surface area contributed by atoms with E-state index in [1.54, 1.807) is 0 Å². The third-order valence-electron chi connectivity index (χ3n) is 5.00. The van der Waals surface area contributed by atoms with E-state index in [9.17, 15) is 0 Å². The second kappa shape index (κ2) is 7.42. The van der Waals surface area contributed by atoms with Gasteiger partial charge in [0, 0.05) is 12.6 Å². The first-order chi connectivity index (χ1) is 10.1. The number of benzene rings is 1. The predicted molar refractivity (Wildman–Crippen MR) is 89.7 cm³/mol. The molecule has 2 heteroatoms. The normalized spacial score (nSPS) is 20.0. The summed E-state index contributed by atoms with van der Waals surface area (Å²) < 4.78 is 6.23. The van der Waals surface area contributed by atoms with Gasteiger partial charge < -0.3 is 10.5 Å². The van der Waals surface area contributed by atoms with Crippen molar-refractivity contribution in [3.63, 3.8) is 0 Å². The van der Waals surface area contributed by atoms with E-state index in [0.717, 1.165) is 25.9 Å². The molecule has 1 unspecified atom stereocenters. The molecule has 2 rings (SSSR count). The van der Waals surface area contributed by atoms with Crippen LogP contribution in [-0.2, 0) is 11.2 Å². The van der Waals surface area contributed by atoms with Crippen LogP contribution in [-0.4, -0.2) is 18.2 Å². The van der Waals surface area contributed by atoms with Gasteiger partial charge in [-0.25, -0.2) is 0 Å². The first-order valence-electron chi connectivity index (χ1n) is 8.53. The average molecular weight is 289 g/mol. The van der Waals surface area contributed by atoms with E-state index >= 15 is 0 Å². The topological polar surface area (TPSA) is 35.2 Å². The Kier molecular flexibility index (Phi) is 5.83. The predicted octanol–water partition coefficient (Wildman–Crippen LogP) is 4.30. The molecule has 1 atom stereocenters. The Balaban J connectivity index is 2.17. The Bertz CT molecular complexity index is 447. The van der Waals surface area contributed by atoms with E-state index in [2.05, 4.69) is 39.0 Å². The number of hydrogen-bond acceptors (Lipinski definition) is 2. The lowest BCUT2D eigenvalue weighted by molar-refractivity contribution is -0.0683. The third kappa shape index (κ3) is 4.08. The fourth-order valence-electron chi connectivity index (χ4n) is 3.68. The van der Waals surface area contributed by atoms with E-state index in [1.807, 2.05) is 0 Å². The fraction of sp³-hybridized carbons (Fsp3) is 0.684. The Hall–Kier alpha value is -0.860. The van der Waals surface area contributed by atoms with Crippen LogP contribution in [0.2, 0.25) is 0 Å². The van der Waals surface area contributed by atoms with Gasteiger partial charge in [0.05, 0.1) is 5.60 Å². The van der Waals surface area contributed by atoms with Crippen molar-refractivity contribution < 1.29 is 4.74 Å². The lowest BCUT2D eigenvalue weighted by Crippen LogP contribution is -2.51. The number of aryl methyl sites for hydroxylation is 2. The van der Waals surface area contributed by atoms with Gasteiger partial charge in [-0.3, -0.25) is 0 Å². The van der Waals surface area contributed by atoms with Gasteiger partial charge in [-0.15, -0.1) is 0 Å². The summed E-state index contributed by atoms with van der Waals surface area (Å²) in [5.41, 5.74) is 10.6. The summed E-state index contributed by atoms with van der Waals surface area (Å²) in [4.78, 5) is 0. The zero-order chi connectivity index (χ0) is 15.3. The number of hydrogen-bond donors (Lipinski definition) is 1.